The summed E-state index contributed by atoms with van der Waals surface area (Å²) < 4.78 is 13.1. The van der Waals surface area contributed by atoms with Crippen LogP contribution < -0.4 is 5.48 Å². The van der Waals surface area contributed by atoms with Gasteiger partial charge in [0.15, 0.2) is 0 Å². The molecule has 0 aliphatic carbocycles. The molecule has 72 valence electrons. The standard InChI is InChI=1S/C10H14FNO/c1-3-8-4-5-10(11)9(6-8)7-12-13-2/h4-6,12H,3,7H2,1-2H3. The van der Waals surface area contributed by atoms with Gasteiger partial charge >= 0.3 is 0 Å². The van der Waals surface area contributed by atoms with Gasteiger partial charge in [0.2, 0.25) is 0 Å². The molecule has 0 amide bonds. The number of benzene rings is 1. The van der Waals surface area contributed by atoms with Crippen LogP contribution in [0.2, 0.25) is 0 Å². The number of aryl methyl sites for hydroxylation is 1. The Labute approximate surface area is 77.7 Å². The Kier molecular flexibility index (Phi) is 3.86. The van der Waals surface area contributed by atoms with Crippen molar-refractivity contribution < 1.29 is 9.23 Å². The van der Waals surface area contributed by atoms with Gasteiger partial charge in [0.1, 0.15) is 5.82 Å². The van der Waals surface area contributed by atoms with E-state index >= 15 is 0 Å². The minimum Gasteiger partial charge on any atom is -0.305 e. The van der Waals surface area contributed by atoms with Gasteiger partial charge < -0.3 is 4.84 Å². The van der Waals surface area contributed by atoms with E-state index in [0.29, 0.717) is 12.1 Å². The Bertz CT molecular complexity index is 276. The normalized spacial score (nSPS) is 10.4. The summed E-state index contributed by atoms with van der Waals surface area (Å²) in [6.45, 7) is 2.44. The lowest BCUT2D eigenvalue weighted by atomic mass is 10.1. The fourth-order valence-corrected chi connectivity index (χ4v) is 1.13. The average Bonchev–Trinajstić information content (AvgIpc) is 2.17. The number of hydrogen-bond donors (Lipinski definition) is 1. The van der Waals surface area contributed by atoms with Gasteiger partial charge in [-0.3, -0.25) is 0 Å². The molecule has 0 aliphatic rings. The highest BCUT2D eigenvalue weighted by Crippen LogP contribution is 2.10. The van der Waals surface area contributed by atoms with Crippen molar-refractivity contribution in [3.05, 3.63) is 35.1 Å². The molecule has 0 bridgehead atoms. The summed E-state index contributed by atoms with van der Waals surface area (Å²) in [4.78, 5) is 4.66. The van der Waals surface area contributed by atoms with Crippen LogP contribution in [0.1, 0.15) is 18.1 Å². The summed E-state index contributed by atoms with van der Waals surface area (Å²) in [7, 11) is 1.52. The van der Waals surface area contributed by atoms with E-state index in [2.05, 4.69) is 10.3 Å². The third kappa shape index (κ3) is 2.79. The molecule has 1 aromatic rings. The molecule has 3 heteroatoms. The second kappa shape index (κ2) is 4.94. The highest BCUT2D eigenvalue weighted by Gasteiger charge is 2.01. The van der Waals surface area contributed by atoms with Gasteiger partial charge in [-0.1, -0.05) is 19.1 Å². The minimum absolute atomic E-state index is 0.193. The van der Waals surface area contributed by atoms with Crippen molar-refractivity contribution in [2.24, 2.45) is 0 Å². The third-order valence-corrected chi connectivity index (χ3v) is 1.93. The third-order valence-electron chi connectivity index (χ3n) is 1.93. The first-order chi connectivity index (χ1) is 6.27. The Balaban J connectivity index is 2.78. The molecule has 1 N–H and O–H groups in total. The molecular formula is C10H14FNO. The highest BCUT2D eigenvalue weighted by atomic mass is 19.1. The zero-order chi connectivity index (χ0) is 9.68. The summed E-state index contributed by atoms with van der Waals surface area (Å²) >= 11 is 0. The van der Waals surface area contributed by atoms with Crippen molar-refractivity contribution in [1.82, 2.24) is 5.48 Å². The number of nitrogens with one attached hydrogen (secondary N) is 1. The molecule has 0 saturated carbocycles. The maximum absolute atomic E-state index is 13.1. The number of hydroxylamine groups is 1. The maximum Gasteiger partial charge on any atom is 0.127 e. The molecule has 0 spiro atoms. The highest BCUT2D eigenvalue weighted by molar-refractivity contribution is 5.24. The number of halogens is 1. The van der Waals surface area contributed by atoms with Crippen molar-refractivity contribution in [2.45, 2.75) is 19.9 Å². The lowest BCUT2D eigenvalue weighted by molar-refractivity contribution is 0.0859. The Morgan fingerprint density at radius 3 is 2.85 bits per heavy atom. The lowest BCUT2D eigenvalue weighted by Gasteiger charge is -2.05. The molecular weight excluding hydrogens is 169 g/mol. The van der Waals surface area contributed by atoms with Crippen LogP contribution >= 0.6 is 0 Å². The van der Waals surface area contributed by atoms with Crippen LogP contribution in [0, 0.1) is 5.82 Å². The molecule has 0 unspecified atom stereocenters. The van der Waals surface area contributed by atoms with E-state index in [1.165, 1.54) is 13.2 Å². The predicted molar refractivity (Wildman–Crippen MR) is 49.6 cm³/mol. The summed E-state index contributed by atoms with van der Waals surface area (Å²) in [6, 6.07) is 5.14. The smallest absolute Gasteiger partial charge is 0.127 e. The van der Waals surface area contributed by atoms with E-state index in [1.54, 1.807) is 6.07 Å². The van der Waals surface area contributed by atoms with Gasteiger partial charge in [0, 0.05) is 12.1 Å². The second-order valence-electron chi connectivity index (χ2n) is 2.80. The van der Waals surface area contributed by atoms with E-state index in [9.17, 15) is 4.39 Å². The molecule has 0 radical (unpaired) electrons. The molecule has 0 atom stereocenters. The van der Waals surface area contributed by atoms with Crippen LogP contribution in [-0.2, 0) is 17.8 Å². The van der Waals surface area contributed by atoms with Crippen molar-refractivity contribution in [3.63, 3.8) is 0 Å². The average molecular weight is 183 g/mol. The second-order valence-corrected chi connectivity index (χ2v) is 2.80. The molecule has 0 aromatic heterocycles. The fraction of sp³-hybridized carbons (Fsp3) is 0.400. The van der Waals surface area contributed by atoms with Crippen LogP contribution in [0.25, 0.3) is 0 Å². The minimum atomic E-state index is -0.193. The predicted octanol–water partition coefficient (Wildman–Crippen LogP) is 2.04. The fourth-order valence-electron chi connectivity index (χ4n) is 1.13. The van der Waals surface area contributed by atoms with Gasteiger partial charge in [0.05, 0.1) is 7.11 Å². The Morgan fingerprint density at radius 1 is 1.46 bits per heavy atom. The molecule has 0 heterocycles. The SMILES string of the molecule is CCc1ccc(F)c(CNOC)c1. The summed E-state index contributed by atoms with van der Waals surface area (Å²) in [6.07, 6.45) is 0.917. The lowest BCUT2D eigenvalue weighted by Crippen LogP contribution is -2.12. The Morgan fingerprint density at radius 2 is 2.23 bits per heavy atom. The van der Waals surface area contributed by atoms with Crippen LogP contribution in [0.5, 0.6) is 0 Å². The molecule has 0 saturated heterocycles. The van der Waals surface area contributed by atoms with Gasteiger partial charge in [0.25, 0.3) is 0 Å². The largest absolute Gasteiger partial charge is 0.305 e. The topological polar surface area (TPSA) is 21.3 Å². The van der Waals surface area contributed by atoms with Crippen LogP contribution in [-0.4, -0.2) is 7.11 Å². The molecule has 1 rings (SSSR count). The molecule has 0 aliphatic heterocycles. The van der Waals surface area contributed by atoms with Gasteiger partial charge in [-0.2, -0.15) is 5.48 Å². The van der Waals surface area contributed by atoms with E-state index in [0.717, 1.165) is 12.0 Å². The number of rotatable bonds is 4. The first-order valence-electron chi connectivity index (χ1n) is 4.31. The molecule has 2 nitrogen and oxygen atoms in total. The van der Waals surface area contributed by atoms with Crippen molar-refractivity contribution in [3.8, 4) is 0 Å². The number of hydrogen-bond acceptors (Lipinski definition) is 2. The summed E-state index contributed by atoms with van der Waals surface area (Å²) in [5.74, 6) is -0.193. The van der Waals surface area contributed by atoms with Crippen molar-refractivity contribution in [2.75, 3.05) is 7.11 Å². The maximum atomic E-state index is 13.1. The van der Waals surface area contributed by atoms with Crippen LogP contribution in [0.3, 0.4) is 0 Å². The first kappa shape index (κ1) is 10.2. The molecule has 1 aromatic carbocycles. The van der Waals surface area contributed by atoms with E-state index in [1.807, 2.05) is 13.0 Å². The zero-order valence-electron chi connectivity index (χ0n) is 7.93. The summed E-state index contributed by atoms with van der Waals surface area (Å²) in [5, 5.41) is 0. The van der Waals surface area contributed by atoms with Gasteiger partial charge in [-0.25, -0.2) is 4.39 Å². The van der Waals surface area contributed by atoms with E-state index in [-0.39, 0.29) is 5.82 Å². The van der Waals surface area contributed by atoms with Gasteiger partial charge in [-0.05, 0) is 18.1 Å². The van der Waals surface area contributed by atoms with Crippen LogP contribution in [0.4, 0.5) is 4.39 Å². The Hall–Kier alpha value is -0.930. The monoisotopic (exact) mass is 183 g/mol. The van der Waals surface area contributed by atoms with Crippen molar-refractivity contribution in [1.29, 1.82) is 0 Å². The van der Waals surface area contributed by atoms with E-state index < -0.39 is 0 Å². The zero-order valence-corrected chi connectivity index (χ0v) is 7.93. The van der Waals surface area contributed by atoms with Crippen molar-refractivity contribution >= 4 is 0 Å². The van der Waals surface area contributed by atoms with Crippen LogP contribution in [0.15, 0.2) is 18.2 Å². The first-order valence-corrected chi connectivity index (χ1v) is 4.31. The van der Waals surface area contributed by atoms with Gasteiger partial charge in [-0.15, -0.1) is 0 Å². The molecule has 0 fully saturated rings. The summed E-state index contributed by atoms with van der Waals surface area (Å²) in [5.41, 5.74) is 4.39. The van der Waals surface area contributed by atoms with E-state index in [4.69, 9.17) is 0 Å². The quantitative estimate of drug-likeness (QED) is 0.721. The molecule has 13 heavy (non-hydrogen) atoms.